The largest absolute Gasteiger partial charge is 0.398 e. The number of carbonyl (C=O) groups is 1. The number of Topliss-reactive ketones (excluding diaryl/α,β-unsaturated/α-hetero) is 1. The van der Waals surface area contributed by atoms with Gasteiger partial charge in [0.1, 0.15) is 0 Å². The summed E-state index contributed by atoms with van der Waals surface area (Å²) in [5.74, 6) is -0.0236. The molecule has 2 aromatic heterocycles. The molecule has 0 fully saturated rings. The molecular formula is C13H10BrN3OS. The lowest BCUT2D eigenvalue weighted by Crippen LogP contribution is -2.07. The van der Waals surface area contributed by atoms with Crippen molar-refractivity contribution in [3.05, 3.63) is 51.7 Å². The van der Waals surface area contributed by atoms with E-state index in [9.17, 15) is 4.79 Å². The van der Waals surface area contributed by atoms with Crippen molar-refractivity contribution in [2.75, 3.05) is 5.73 Å². The van der Waals surface area contributed by atoms with Crippen LogP contribution in [0.25, 0.3) is 4.96 Å². The van der Waals surface area contributed by atoms with E-state index in [4.69, 9.17) is 5.73 Å². The van der Waals surface area contributed by atoms with Crippen LogP contribution in [0.4, 0.5) is 5.69 Å². The zero-order chi connectivity index (χ0) is 13.4. The molecule has 0 saturated heterocycles. The molecule has 19 heavy (non-hydrogen) atoms. The Labute approximate surface area is 122 Å². The third-order valence-electron chi connectivity index (χ3n) is 2.80. The number of benzene rings is 1. The molecule has 2 heterocycles. The van der Waals surface area contributed by atoms with Gasteiger partial charge in [0.15, 0.2) is 10.7 Å². The van der Waals surface area contributed by atoms with Gasteiger partial charge in [0.05, 0.1) is 12.1 Å². The maximum absolute atomic E-state index is 12.2. The summed E-state index contributed by atoms with van der Waals surface area (Å²) in [6, 6.07) is 5.29. The summed E-state index contributed by atoms with van der Waals surface area (Å²) in [7, 11) is 0. The van der Waals surface area contributed by atoms with Crippen LogP contribution in [0.1, 0.15) is 16.1 Å². The second kappa shape index (κ2) is 4.79. The van der Waals surface area contributed by atoms with Crippen LogP contribution in [0.2, 0.25) is 0 Å². The monoisotopic (exact) mass is 335 g/mol. The fourth-order valence-corrected chi connectivity index (χ4v) is 2.97. The molecule has 3 rings (SSSR count). The predicted octanol–water partition coefficient (Wildman–Crippen LogP) is 3.17. The maximum atomic E-state index is 12.2. The third kappa shape index (κ3) is 2.41. The van der Waals surface area contributed by atoms with E-state index < -0.39 is 0 Å². The summed E-state index contributed by atoms with van der Waals surface area (Å²) in [6.07, 6.45) is 4.06. The van der Waals surface area contributed by atoms with Gasteiger partial charge in [0.25, 0.3) is 0 Å². The quantitative estimate of drug-likeness (QED) is 0.590. The second-order valence-electron chi connectivity index (χ2n) is 4.16. The number of anilines is 1. The molecule has 0 bridgehead atoms. The fraction of sp³-hybridized carbons (Fsp3) is 0.0769. The maximum Gasteiger partial charge on any atom is 0.193 e. The summed E-state index contributed by atoms with van der Waals surface area (Å²) in [4.78, 5) is 17.5. The fourth-order valence-electron chi connectivity index (χ4n) is 1.89. The molecular weight excluding hydrogens is 326 g/mol. The number of carbonyl (C=O) groups excluding carboxylic acids is 1. The van der Waals surface area contributed by atoms with Gasteiger partial charge in [0.2, 0.25) is 0 Å². The molecule has 0 radical (unpaired) electrons. The van der Waals surface area contributed by atoms with Gasteiger partial charge in [-0.25, -0.2) is 4.98 Å². The van der Waals surface area contributed by atoms with Crippen molar-refractivity contribution in [3.63, 3.8) is 0 Å². The molecule has 0 aliphatic heterocycles. The van der Waals surface area contributed by atoms with E-state index in [1.54, 1.807) is 23.5 Å². The molecule has 0 unspecified atom stereocenters. The van der Waals surface area contributed by atoms with Gasteiger partial charge in [-0.05, 0) is 18.2 Å². The molecule has 6 heteroatoms. The van der Waals surface area contributed by atoms with Crippen LogP contribution < -0.4 is 5.73 Å². The Hall–Kier alpha value is -1.66. The summed E-state index contributed by atoms with van der Waals surface area (Å²) >= 11 is 4.89. The summed E-state index contributed by atoms with van der Waals surface area (Å²) < 4.78 is 2.76. The Morgan fingerprint density at radius 1 is 1.47 bits per heavy atom. The molecule has 3 aromatic rings. The average molecular weight is 336 g/mol. The normalized spacial score (nSPS) is 11.0. The van der Waals surface area contributed by atoms with Crippen molar-refractivity contribution in [2.24, 2.45) is 0 Å². The zero-order valence-corrected chi connectivity index (χ0v) is 12.2. The zero-order valence-electron chi connectivity index (χ0n) is 9.84. The number of fused-ring (bicyclic) bond motifs is 1. The van der Waals surface area contributed by atoms with E-state index in [1.807, 2.05) is 28.2 Å². The number of nitrogens with two attached hydrogens (primary N) is 1. The first-order chi connectivity index (χ1) is 9.13. The first-order valence-electron chi connectivity index (χ1n) is 5.63. The van der Waals surface area contributed by atoms with Gasteiger partial charge in [-0.1, -0.05) is 15.9 Å². The van der Waals surface area contributed by atoms with Crippen LogP contribution in [-0.4, -0.2) is 15.2 Å². The van der Waals surface area contributed by atoms with Crippen molar-refractivity contribution >= 4 is 43.7 Å². The van der Waals surface area contributed by atoms with E-state index in [-0.39, 0.29) is 12.2 Å². The lowest BCUT2D eigenvalue weighted by molar-refractivity contribution is 0.0993. The average Bonchev–Trinajstić information content (AvgIpc) is 2.92. The molecule has 96 valence electrons. The Morgan fingerprint density at radius 2 is 2.32 bits per heavy atom. The van der Waals surface area contributed by atoms with Crippen molar-refractivity contribution in [2.45, 2.75) is 6.42 Å². The molecule has 2 N–H and O–H groups in total. The standard InChI is InChI=1S/C13H10BrN3OS/c14-8-1-2-11(15)10(5-8)12(18)6-9-7-17-3-4-19-13(17)16-9/h1-5,7H,6,15H2. The number of hydrogen-bond donors (Lipinski definition) is 1. The minimum Gasteiger partial charge on any atom is -0.398 e. The van der Waals surface area contributed by atoms with E-state index in [0.29, 0.717) is 11.3 Å². The highest BCUT2D eigenvalue weighted by atomic mass is 79.9. The van der Waals surface area contributed by atoms with Gasteiger partial charge in [-0.3, -0.25) is 9.20 Å². The first kappa shape index (κ1) is 12.4. The highest BCUT2D eigenvalue weighted by molar-refractivity contribution is 9.10. The minimum atomic E-state index is -0.0236. The third-order valence-corrected chi connectivity index (χ3v) is 4.06. The lowest BCUT2D eigenvalue weighted by atomic mass is 10.1. The second-order valence-corrected chi connectivity index (χ2v) is 5.95. The van der Waals surface area contributed by atoms with Crippen molar-refractivity contribution in [3.8, 4) is 0 Å². The van der Waals surface area contributed by atoms with Crippen LogP contribution in [0.15, 0.2) is 40.4 Å². The van der Waals surface area contributed by atoms with Crippen molar-refractivity contribution in [1.29, 1.82) is 0 Å². The molecule has 0 amide bonds. The van der Waals surface area contributed by atoms with Crippen molar-refractivity contribution in [1.82, 2.24) is 9.38 Å². The van der Waals surface area contributed by atoms with Crippen LogP contribution >= 0.6 is 27.3 Å². The highest BCUT2D eigenvalue weighted by Crippen LogP contribution is 2.20. The SMILES string of the molecule is Nc1ccc(Br)cc1C(=O)Cc1cn2ccsc2n1. The molecule has 0 atom stereocenters. The van der Waals surface area contributed by atoms with Gasteiger partial charge >= 0.3 is 0 Å². The Kier molecular flexibility index (Phi) is 3.12. The van der Waals surface area contributed by atoms with E-state index in [0.717, 1.165) is 15.1 Å². The molecule has 0 spiro atoms. The molecule has 1 aromatic carbocycles. The molecule has 0 aliphatic rings. The number of nitrogen functional groups attached to an aromatic ring is 1. The van der Waals surface area contributed by atoms with Crippen molar-refractivity contribution < 1.29 is 4.79 Å². The number of aromatic nitrogens is 2. The minimum absolute atomic E-state index is 0.0236. The molecule has 4 nitrogen and oxygen atoms in total. The number of imidazole rings is 1. The summed E-state index contributed by atoms with van der Waals surface area (Å²) in [6.45, 7) is 0. The summed E-state index contributed by atoms with van der Waals surface area (Å²) in [5, 5.41) is 1.96. The number of ketones is 1. The van der Waals surface area contributed by atoms with E-state index in [2.05, 4.69) is 20.9 Å². The van der Waals surface area contributed by atoms with Gasteiger partial charge < -0.3 is 5.73 Å². The van der Waals surface area contributed by atoms with Gasteiger partial charge in [0, 0.05) is 33.5 Å². The van der Waals surface area contributed by atoms with Gasteiger partial charge in [-0.15, -0.1) is 11.3 Å². The number of hydrogen-bond acceptors (Lipinski definition) is 4. The van der Waals surface area contributed by atoms with Crippen LogP contribution in [0, 0.1) is 0 Å². The number of rotatable bonds is 3. The van der Waals surface area contributed by atoms with Crippen LogP contribution in [0.3, 0.4) is 0 Å². The van der Waals surface area contributed by atoms with Crippen LogP contribution in [-0.2, 0) is 6.42 Å². The van der Waals surface area contributed by atoms with Crippen LogP contribution in [0.5, 0.6) is 0 Å². The smallest absolute Gasteiger partial charge is 0.193 e. The van der Waals surface area contributed by atoms with E-state index >= 15 is 0 Å². The Morgan fingerprint density at radius 3 is 3.11 bits per heavy atom. The summed E-state index contributed by atoms with van der Waals surface area (Å²) in [5.41, 5.74) is 7.62. The van der Waals surface area contributed by atoms with Gasteiger partial charge in [-0.2, -0.15) is 0 Å². The predicted molar refractivity (Wildman–Crippen MR) is 79.7 cm³/mol. The number of thiazole rings is 1. The Balaban J connectivity index is 1.88. The number of nitrogens with zero attached hydrogens (tertiary/aromatic N) is 2. The number of halogens is 1. The molecule has 0 saturated carbocycles. The lowest BCUT2D eigenvalue weighted by Gasteiger charge is -2.04. The molecule has 0 aliphatic carbocycles. The Bertz CT molecular complexity index is 734. The topological polar surface area (TPSA) is 60.4 Å². The van der Waals surface area contributed by atoms with E-state index in [1.165, 1.54) is 0 Å². The first-order valence-corrected chi connectivity index (χ1v) is 7.30. The highest BCUT2D eigenvalue weighted by Gasteiger charge is 2.13.